The molecule has 0 fully saturated rings. The third-order valence-corrected chi connectivity index (χ3v) is 4.15. The fourth-order valence-corrected chi connectivity index (χ4v) is 2.77. The minimum atomic E-state index is -0.338. The molecule has 4 amide bonds. The fraction of sp³-hybridized carbons (Fsp3) is 0.167. The number of nitrogens with zero attached hydrogens (tertiary/aromatic N) is 1. The molecule has 0 spiro atoms. The van der Waals surface area contributed by atoms with Gasteiger partial charge in [0, 0.05) is 25.0 Å². The summed E-state index contributed by atoms with van der Waals surface area (Å²) in [4.78, 5) is 37.7. The smallest absolute Gasteiger partial charge is 0.319 e. The van der Waals surface area contributed by atoms with E-state index in [2.05, 4.69) is 22.5 Å². The molecule has 136 valence electrons. The molecule has 2 rings (SSSR count). The first-order chi connectivity index (χ1) is 12.5. The lowest BCUT2D eigenvalue weighted by Crippen LogP contribution is -2.34. The highest BCUT2D eigenvalue weighted by atomic mass is 32.1. The zero-order valence-corrected chi connectivity index (χ0v) is 15.1. The largest absolute Gasteiger partial charge is 0.334 e. The molecule has 0 radical (unpaired) electrons. The second kappa shape index (κ2) is 9.38. The summed E-state index contributed by atoms with van der Waals surface area (Å²) in [6.07, 6.45) is 1.58. The van der Waals surface area contributed by atoms with Crippen molar-refractivity contribution in [2.75, 3.05) is 30.8 Å². The second-order valence-corrected chi connectivity index (χ2v) is 6.34. The average molecular weight is 372 g/mol. The molecule has 0 saturated carbocycles. The van der Waals surface area contributed by atoms with Crippen LogP contribution in [-0.2, 0) is 4.79 Å². The van der Waals surface area contributed by atoms with E-state index in [-0.39, 0.29) is 24.4 Å². The number of hydrogen-bond acceptors (Lipinski definition) is 4. The summed E-state index contributed by atoms with van der Waals surface area (Å²) in [5.74, 6) is -0.498. The van der Waals surface area contributed by atoms with Crippen LogP contribution in [-0.4, -0.2) is 42.9 Å². The molecule has 0 unspecified atom stereocenters. The van der Waals surface area contributed by atoms with E-state index < -0.39 is 0 Å². The van der Waals surface area contributed by atoms with E-state index in [1.165, 1.54) is 16.2 Å². The minimum absolute atomic E-state index is 0.0549. The zero-order valence-electron chi connectivity index (χ0n) is 14.3. The van der Waals surface area contributed by atoms with Crippen LogP contribution in [0.15, 0.2) is 54.4 Å². The Kier molecular flexibility index (Phi) is 6.92. The van der Waals surface area contributed by atoms with E-state index in [1.807, 2.05) is 5.38 Å². The van der Waals surface area contributed by atoms with E-state index in [0.717, 1.165) is 0 Å². The molecule has 1 heterocycles. The first-order valence-corrected chi connectivity index (χ1v) is 8.72. The molecule has 8 heteroatoms. The van der Waals surface area contributed by atoms with Crippen molar-refractivity contribution in [1.29, 1.82) is 0 Å². The van der Waals surface area contributed by atoms with Gasteiger partial charge in [0.25, 0.3) is 5.91 Å². The first kappa shape index (κ1) is 19.2. The predicted octanol–water partition coefficient (Wildman–Crippen LogP) is 2.77. The number of amides is 4. The Morgan fingerprint density at radius 1 is 1.12 bits per heavy atom. The van der Waals surface area contributed by atoms with E-state index >= 15 is 0 Å². The van der Waals surface area contributed by atoms with Crippen LogP contribution >= 0.6 is 11.3 Å². The van der Waals surface area contributed by atoms with Crippen molar-refractivity contribution in [2.45, 2.75) is 0 Å². The van der Waals surface area contributed by atoms with Gasteiger partial charge in [-0.3, -0.25) is 9.59 Å². The summed E-state index contributed by atoms with van der Waals surface area (Å²) in [5.41, 5.74) is 1.17. The number of hydrogen-bond donors (Lipinski definition) is 3. The monoisotopic (exact) mass is 372 g/mol. The molecule has 0 aliphatic rings. The summed E-state index contributed by atoms with van der Waals surface area (Å²) < 4.78 is 0. The molecule has 1 aromatic carbocycles. The fourth-order valence-electron chi connectivity index (χ4n) is 2.05. The van der Waals surface area contributed by atoms with Crippen molar-refractivity contribution in [1.82, 2.24) is 10.2 Å². The highest BCUT2D eigenvalue weighted by Gasteiger charge is 2.15. The van der Waals surface area contributed by atoms with Gasteiger partial charge < -0.3 is 20.9 Å². The molecule has 0 aliphatic carbocycles. The molecule has 0 atom stereocenters. The number of carbonyl (C=O) groups is 3. The van der Waals surface area contributed by atoms with Gasteiger partial charge in [0.2, 0.25) is 5.91 Å². The van der Waals surface area contributed by atoms with Crippen molar-refractivity contribution >= 4 is 40.6 Å². The van der Waals surface area contributed by atoms with Gasteiger partial charge in [-0.25, -0.2) is 4.79 Å². The Hall–Kier alpha value is -3.13. The van der Waals surface area contributed by atoms with Gasteiger partial charge in [-0.05, 0) is 35.7 Å². The van der Waals surface area contributed by atoms with Gasteiger partial charge in [-0.1, -0.05) is 12.1 Å². The van der Waals surface area contributed by atoms with Crippen LogP contribution in [0, 0.1) is 0 Å². The van der Waals surface area contributed by atoms with Crippen molar-refractivity contribution < 1.29 is 14.4 Å². The third kappa shape index (κ3) is 5.75. The van der Waals surface area contributed by atoms with Crippen LogP contribution in [0.3, 0.4) is 0 Å². The average Bonchev–Trinajstić information content (AvgIpc) is 3.15. The Morgan fingerprint density at radius 2 is 1.77 bits per heavy atom. The molecular weight excluding hydrogens is 352 g/mol. The van der Waals surface area contributed by atoms with Gasteiger partial charge in [0.05, 0.1) is 11.4 Å². The Labute approximate surface area is 155 Å². The number of nitrogens with one attached hydrogen (secondary N) is 3. The number of anilines is 2. The molecule has 1 aromatic heterocycles. The number of urea groups is 1. The summed E-state index contributed by atoms with van der Waals surface area (Å²) >= 11 is 1.33. The maximum Gasteiger partial charge on any atom is 0.319 e. The van der Waals surface area contributed by atoms with E-state index in [4.69, 9.17) is 0 Å². The summed E-state index contributed by atoms with van der Waals surface area (Å²) in [6, 6.07) is 9.85. The highest BCUT2D eigenvalue weighted by molar-refractivity contribution is 7.12. The molecular formula is C18H20N4O3S. The Balaban J connectivity index is 1.84. The summed E-state index contributed by atoms with van der Waals surface area (Å²) in [7, 11) is 1.58. The van der Waals surface area contributed by atoms with E-state index in [0.29, 0.717) is 22.8 Å². The number of benzene rings is 1. The molecule has 0 saturated heterocycles. The SMILES string of the molecule is C=CCNC(=O)Nc1ccc(NC(=O)CN(C)C(=O)c2cccs2)cc1. The van der Waals surface area contributed by atoms with Crippen LogP contribution in [0.25, 0.3) is 0 Å². The first-order valence-electron chi connectivity index (χ1n) is 7.84. The number of likely N-dealkylation sites (N-methyl/N-ethyl adjacent to an activating group) is 1. The highest BCUT2D eigenvalue weighted by Crippen LogP contribution is 2.14. The quantitative estimate of drug-likeness (QED) is 0.653. The standard InChI is InChI=1S/C18H20N4O3S/c1-3-10-19-18(25)21-14-8-6-13(7-9-14)20-16(23)12-22(2)17(24)15-5-4-11-26-15/h3-9,11H,1,10,12H2,2H3,(H,20,23)(H2,19,21,25). The van der Waals surface area contributed by atoms with Gasteiger partial charge in [0.15, 0.2) is 0 Å². The Bertz CT molecular complexity index is 772. The lowest BCUT2D eigenvalue weighted by molar-refractivity contribution is -0.116. The number of carbonyl (C=O) groups excluding carboxylic acids is 3. The van der Waals surface area contributed by atoms with Crippen LogP contribution in [0.4, 0.5) is 16.2 Å². The van der Waals surface area contributed by atoms with Crippen LogP contribution in [0.1, 0.15) is 9.67 Å². The van der Waals surface area contributed by atoms with Gasteiger partial charge in [-0.15, -0.1) is 17.9 Å². The maximum atomic E-state index is 12.1. The summed E-state index contributed by atoms with van der Waals surface area (Å²) in [6.45, 7) is 3.84. The molecule has 2 aromatic rings. The van der Waals surface area contributed by atoms with Crippen LogP contribution < -0.4 is 16.0 Å². The van der Waals surface area contributed by atoms with Gasteiger partial charge >= 0.3 is 6.03 Å². The van der Waals surface area contributed by atoms with Crippen molar-refractivity contribution in [3.63, 3.8) is 0 Å². The van der Waals surface area contributed by atoms with Crippen LogP contribution in [0.5, 0.6) is 0 Å². The lowest BCUT2D eigenvalue weighted by Gasteiger charge is -2.16. The second-order valence-electron chi connectivity index (χ2n) is 5.39. The third-order valence-electron chi connectivity index (χ3n) is 3.29. The van der Waals surface area contributed by atoms with Crippen molar-refractivity contribution in [2.24, 2.45) is 0 Å². The van der Waals surface area contributed by atoms with Crippen molar-refractivity contribution in [3.8, 4) is 0 Å². The molecule has 0 bridgehead atoms. The Morgan fingerprint density at radius 3 is 2.35 bits per heavy atom. The maximum absolute atomic E-state index is 12.1. The molecule has 7 nitrogen and oxygen atoms in total. The predicted molar refractivity (Wildman–Crippen MR) is 104 cm³/mol. The molecule has 0 aliphatic heterocycles. The van der Waals surface area contributed by atoms with Crippen LogP contribution in [0.2, 0.25) is 0 Å². The zero-order chi connectivity index (χ0) is 18.9. The van der Waals surface area contributed by atoms with Crippen molar-refractivity contribution in [3.05, 3.63) is 59.3 Å². The topological polar surface area (TPSA) is 90.5 Å². The number of rotatable bonds is 7. The van der Waals surface area contributed by atoms with Gasteiger partial charge in [0.1, 0.15) is 0 Å². The lowest BCUT2D eigenvalue weighted by atomic mass is 10.2. The normalized spacial score (nSPS) is 9.88. The minimum Gasteiger partial charge on any atom is -0.334 e. The molecule has 26 heavy (non-hydrogen) atoms. The summed E-state index contributed by atoms with van der Waals surface area (Å²) in [5, 5.41) is 9.79. The van der Waals surface area contributed by atoms with E-state index in [9.17, 15) is 14.4 Å². The molecule has 3 N–H and O–H groups in total. The number of thiophene rings is 1. The van der Waals surface area contributed by atoms with Gasteiger partial charge in [-0.2, -0.15) is 0 Å². The van der Waals surface area contributed by atoms with E-state index in [1.54, 1.807) is 49.5 Å².